The van der Waals surface area contributed by atoms with Crippen molar-refractivity contribution in [3.63, 3.8) is 0 Å². The largest absolute Gasteiger partial charge is 0.325 e. The molecular weight excluding hydrogens is 249 g/mol. The molecule has 0 atom stereocenters. The topological polar surface area (TPSA) is 38.9 Å². The number of hydrogen-bond donors (Lipinski definition) is 1. The van der Waals surface area contributed by atoms with Gasteiger partial charge in [-0.1, -0.05) is 0 Å². The summed E-state index contributed by atoms with van der Waals surface area (Å²) >= 11 is 2.97. The Bertz CT molecular complexity index is 317. The van der Waals surface area contributed by atoms with E-state index in [-0.39, 0.29) is 12.2 Å². The fourth-order valence-electron chi connectivity index (χ4n) is 0.812. The molecular formula is C7H6BrF3N2. The number of aromatic nitrogens is 1. The van der Waals surface area contributed by atoms with Crippen LogP contribution in [0.1, 0.15) is 17.7 Å². The van der Waals surface area contributed by atoms with Crippen LogP contribution in [0, 0.1) is 5.95 Å². The highest BCUT2D eigenvalue weighted by Gasteiger charge is 2.16. The molecule has 2 N–H and O–H groups in total. The molecule has 0 unspecified atom stereocenters. The Morgan fingerprint density at radius 2 is 2.15 bits per heavy atom. The van der Waals surface area contributed by atoms with Gasteiger partial charge in [0.25, 0.3) is 6.43 Å². The predicted octanol–water partition coefficient (Wildman–Crippen LogP) is 2.38. The van der Waals surface area contributed by atoms with Crippen LogP contribution in [-0.4, -0.2) is 4.98 Å². The maximum atomic E-state index is 12.8. The highest BCUT2D eigenvalue weighted by molar-refractivity contribution is 9.10. The van der Waals surface area contributed by atoms with Gasteiger partial charge in [0.05, 0.1) is 11.3 Å². The third-order valence-corrected chi connectivity index (χ3v) is 2.14. The molecule has 0 radical (unpaired) electrons. The van der Waals surface area contributed by atoms with Crippen LogP contribution in [0.15, 0.2) is 10.5 Å². The van der Waals surface area contributed by atoms with Crippen molar-refractivity contribution in [3.8, 4) is 0 Å². The Morgan fingerprint density at radius 3 is 2.62 bits per heavy atom. The molecule has 0 fully saturated rings. The van der Waals surface area contributed by atoms with Gasteiger partial charge in [0, 0.05) is 11.0 Å². The van der Waals surface area contributed by atoms with E-state index in [9.17, 15) is 13.2 Å². The second-order valence-corrected chi connectivity index (χ2v) is 3.16. The molecule has 0 saturated carbocycles. The normalized spacial score (nSPS) is 10.9. The number of nitrogens with two attached hydrogens (primary N) is 1. The molecule has 0 aliphatic carbocycles. The summed E-state index contributed by atoms with van der Waals surface area (Å²) in [7, 11) is 0. The molecule has 13 heavy (non-hydrogen) atoms. The molecule has 1 heterocycles. The second-order valence-electron chi connectivity index (χ2n) is 2.30. The van der Waals surface area contributed by atoms with Gasteiger partial charge in [0.15, 0.2) is 0 Å². The Balaban J connectivity index is 3.20. The van der Waals surface area contributed by atoms with Crippen LogP contribution >= 0.6 is 15.9 Å². The van der Waals surface area contributed by atoms with Crippen LogP contribution in [0.3, 0.4) is 0 Å². The van der Waals surface area contributed by atoms with Crippen molar-refractivity contribution in [1.82, 2.24) is 4.98 Å². The fraction of sp³-hybridized carbons (Fsp3) is 0.286. The van der Waals surface area contributed by atoms with Crippen molar-refractivity contribution in [2.45, 2.75) is 13.0 Å². The zero-order valence-electron chi connectivity index (χ0n) is 6.40. The highest BCUT2D eigenvalue weighted by atomic mass is 79.9. The van der Waals surface area contributed by atoms with Crippen molar-refractivity contribution in [1.29, 1.82) is 0 Å². The van der Waals surface area contributed by atoms with E-state index in [0.717, 1.165) is 6.07 Å². The number of nitrogens with zero attached hydrogens (tertiary/aromatic N) is 1. The van der Waals surface area contributed by atoms with Crippen LogP contribution < -0.4 is 5.73 Å². The summed E-state index contributed by atoms with van der Waals surface area (Å²) < 4.78 is 37.3. The Kier molecular flexibility index (Phi) is 3.27. The van der Waals surface area contributed by atoms with Gasteiger partial charge in [-0.25, -0.2) is 13.8 Å². The monoisotopic (exact) mass is 254 g/mol. The zero-order chi connectivity index (χ0) is 10.0. The molecule has 72 valence electrons. The minimum Gasteiger partial charge on any atom is -0.325 e. The average Bonchev–Trinajstić information content (AvgIpc) is 2.07. The number of alkyl halides is 2. The molecule has 0 bridgehead atoms. The number of pyridine rings is 1. The van der Waals surface area contributed by atoms with Gasteiger partial charge in [-0.15, -0.1) is 0 Å². The molecule has 1 rings (SSSR count). The molecule has 6 heteroatoms. The first-order valence-electron chi connectivity index (χ1n) is 3.39. The average molecular weight is 255 g/mol. The summed E-state index contributed by atoms with van der Waals surface area (Å²) in [6.07, 6.45) is -2.87. The second kappa shape index (κ2) is 4.06. The van der Waals surface area contributed by atoms with Crippen LogP contribution in [0.5, 0.6) is 0 Å². The van der Waals surface area contributed by atoms with E-state index in [0.29, 0.717) is 4.47 Å². The Hall–Kier alpha value is -0.620. The molecule has 0 amide bonds. The Morgan fingerprint density at radius 1 is 1.54 bits per heavy atom. The maximum absolute atomic E-state index is 12.8. The first-order valence-corrected chi connectivity index (χ1v) is 4.18. The van der Waals surface area contributed by atoms with Crippen molar-refractivity contribution < 1.29 is 13.2 Å². The summed E-state index contributed by atoms with van der Waals surface area (Å²) in [6, 6.07) is 0.995. The molecule has 0 spiro atoms. The van der Waals surface area contributed by atoms with Crippen molar-refractivity contribution in [2.75, 3.05) is 0 Å². The van der Waals surface area contributed by atoms with Crippen LogP contribution in [0.2, 0.25) is 0 Å². The number of hydrogen-bond acceptors (Lipinski definition) is 2. The van der Waals surface area contributed by atoms with E-state index in [1.807, 2.05) is 0 Å². The van der Waals surface area contributed by atoms with Crippen molar-refractivity contribution >= 4 is 15.9 Å². The third kappa shape index (κ3) is 2.19. The lowest BCUT2D eigenvalue weighted by atomic mass is 10.2. The number of rotatable bonds is 2. The van der Waals surface area contributed by atoms with Crippen LogP contribution in [-0.2, 0) is 6.54 Å². The third-order valence-electron chi connectivity index (χ3n) is 1.46. The van der Waals surface area contributed by atoms with E-state index < -0.39 is 17.9 Å². The molecule has 0 aliphatic heterocycles. The number of halogens is 4. The minimum atomic E-state index is -2.87. The SMILES string of the molecule is NCc1nc(F)c(C(F)F)cc1Br. The van der Waals surface area contributed by atoms with E-state index in [1.54, 1.807) is 0 Å². The summed E-state index contributed by atoms with van der Waals surface area (Å²) in [6.45, 7) is 0.00101. The van der Waals surface area contributed by atoms with Gasteiger partial charge in [0.2, 0.25) is 5.95 Å². The lowest BCUT2D eigenvalue weighted by Gasteiger charge is -2.05. The lowest BCUT2D eigenvalue weighted by molar-refractivity contribution is 0.145. The van der Waals surface area contributed by atoms with Crippen LogP contribution in [0.25, 0.3) is 0 Å². The smallest absolute Gasteiger partial charge is 0.268 e. The van der Waals surface area contributed by atoms with E-state index in [2.05, 4.69) is 20.9 Å². The van der Waals surface area contributed by atoms with E-state index in [4.69, 9.17) is 5.73 Å². The maximum Gasteiger partial charge on any atom is 0.268 e. The van der Waals surface area contributed by atoms with E-state index >= 15 is 0 Å². The van der Waals surface area contributed by atoms with Crippen molar-refractivity contribution in [3.05, 3.63) is 27.7 Å². The summed E-state index contributed by atoms with van der Waals surface area (Å²) in [5.41, 5.74) is 4.70. The van der Waals surface area contributed by atoms with Gasteiger partial charge in [-0.2, -0.15) is 4.39 Å². The fourth-order valence-corrected chi connectivity index (χ4v) is 1.31. The molecule has 2 nitrogen and oxygen atoms in total. The standard InChI is InChI=1S/C7H6BrF3N2/c8-4-1-3(6(9)10)7(11)13-5(4)2-12/h1,6H,2,12H2. The molecule has 0 saturated heterocycles. The van der Waals surface area contributed by atoms with Crippen LogP contribution in [0.4, 0.5) is 13.2 Å². The molecule has 1 aromatic rings. The molecule has 0 aliphatic rings. The van der Waals surface area contributed by atoms with Crippen molar-refractivity contribution in [2.24, 2.45) is 5.73 Å². The van der Waals surface area contributed by atoms with Gasteiger partial charge in [0.1, 0.15) is 0 Å². The molecule has 1 aromatic heterocycles. The van der Waals surface area contributed by atoms with Gasteiger partial charge in [-0.05, 0) is 22.0 Å². The minimum absolute atomic E-state index is 0.00101. The molecule has 0 aromatic carbocycles. The lowest BCUT2D eigenvalue weighted by Crippen LogP contribution is -2.05. The zero-order valence-corrected chi connectivity index (χ0v) is 7.98. The van der Waals surface area contributed by atoms with E-state index in [1.165, 1.54) is 0 Å². The first kappa shape index (κ1) is 10.5. The van der Waals surface area contributed by atoms with Gasteiger partial charge in [-0.3, -0.25) is 0 Å². The Labute approximate surface area is 81.1 Å². The quantitative estimate of drug-likeness (QED) is 0.824. The first-order chi connectivity index (χ1) is 6.06. The summed E-state index contributed by atoms with van der Waals surface area (Å²) in [4.78, 5) is 3.29. The predicted molar refractivity (Wildman–Crippen MR) is 44.7 cm³/mol. The summed E-state index contributed by atoms with van der Waals surface area (Å²) in [5, 5.41) is 0. The van der Waals surface area contributed by atoms with Gasteiger partial charge >= 0.3 is 0 Å². The summed E-state index contributed by atoms with van der Waals surface area (Å²) in [5.74, 6) is -1.17. The van der Waals surface area contributed by atoms with Gasteiger partial charge < -0.3 is 5.73 Å². The highest BCUT2D eigenvalue weighted by Crippen LogP contribution is 2.25.